The second kappa shape index (κ2) is 3.41. The lowest BCUT2D eigenvalue weighted by Crippen LogP contribution is -2.27. The Labute approximate surface area is 64.4 Å². The fraction of sp³-hybridized carbons (Fsp3) is 1.00. The maximum absolute atomic E-state index is 10.3. The van der Waals surface area contributed by atoms with Crippen LogP contribution in [0.5, 0.6) is 0 Å². The zero-order valence-electron chi connectivity index (χ0n) is 6.19. The molecule has 1 aliphatic rings. The highest BCUT2D eigenvalue weighted by molar-refractivity contribution is 4.74. The van der Waals surface area contributed by atoms with Crippen LogP contribution in [0, 0.1) is 15.6 Å². The number of nitro groups is 1. The summed E-state index contributed by atoms with van der Waals surface area (Å²) in [6.45, 7) is 0. The summed E-state index contributed by atoms with van der Waals surface area (Å²) in [5.74, 6) is 0. The van der Waals surface area contributed by atoms with Gasteiger partial charge in [-0.25, -0.2) is 5.53 Å². The van der Waals surface area contributed by atoms with E-state index in [4.69, 9.17) is 5.53 Å². The zero-order chi connectivity index (χ0) is 8.27. The van der Waals surface area contributed by atoms with Gasteiger partial charge in [-0.2, -0.15) is 5.11 Å². The van der Waals surface area contributed by atoms with Crippen LogP contribution in [-0.2, 0) is 0 Å². The molecule has 0 aliphatic heterocycles. The fourth-order valence-corrected chi connectivity index (χ4v) is 1.40. The molecule has 0 saturated heterocycles. The van der Waals surface area contributed by atoms with Gasteiger partial charge in [-0.1, -0.05) is 0 Å². The number of nitrogens with zero attached hydrogens (tertiary/aromatic N) is 2. The van der Waals surface area contributed by atoms with Crippen molar-refractivity contribution in [3.05, 3.63) is 10.1 Å². The lowest BCUT2D eigenvalue weighted by atomic mass is 9.92. The summed E-state index contributed by atoms with van der Waals surface area (Å²) in [7, 11) is 0. The van der Waals surface area contributed by atoms with Crippen LogP contribution >= 0.6 is 0 Å². The molecule has 1 fully saturated rings. The Morgan fingerprint density at radius 1 is 1.36 bits per heavy atom. The predicted molar refractivity (Wildman–Crippen MR) is 38.2 cm³/mol. The Balaban J connectivity index is 2.35. The average Bonchev–Trinajstić information content (AvgIpc) is 2.05. The smallest absolute Gasteiger partial charge is 0.213 e. The van der Waals surface area contributed by atoms with Gasteiger partial charge in [-0.15, -0.1) is 0 Å². The molecule has 1 saturated carbocycles. The molecular formula is C6H11N3O2. The quantitative estimate of drug-likeness (QED) is 0.375. The SMILES string of the molecule is N=NC1CCC([N+](=O)[O-])CC1. The fourth-order valence-electron chi connectivity index (χ4n) is 1.40. The minimum Gasteiger partial charge on any atom is -0.264 e. The number of hydrogen-bond donors (Lipinski definition) is 1. The van der Waals surface area contributed by atoms with Gasteiger partial charge in [0, 0.05) is 17.8 Å². The summed E-state index contributed by atoms with van der Waals surface area (Å²) < 4.78 is 0. The summed E-state index contributed by atoms with van der Waals surface area (Å²) in [6, 6.07) is -0.334. The largest absolute Gasteiger partial charge is 0.264 e. The van der Waals surface area contributed by atoms with Gasteiger partial charge in [0.15, 0.2) is 0 Å². The molecule has 11 heavy (non-hydrogen) atoms. The highest BCUT2D eigenvalue weighted by Crippen LogP contribution is 2.22. The normalized spacial score (nSPS) is 31.3. The standard InChI is InChI=1S/C6H11N3O2/c7-8-5-1-3-6(4-2-5)9(10)11/h5-7H,1-4H2. The Morgan fingerprint density at radius 2 is 1.91 bits per heavy atom. The second-order valence-corrected chi connectivity index (χ2v) is 2.88. The van der Waals surface area contributed by atoms with Crippen molar-refractivity contribution in [3.63, 3.8) is 0 Å². The summed E-state index contributed by atoms with van der Waals surface area (Å²) in [4.78, 5) is 10.1. The van der Waals surface area contributed by atoms with Crippen molar-refractivity contribution in [2.75, 3.05) is 0 Å². The van der Waals surface area contributed by atoms with E-state index in [1.54, 1.807) is 0 Å². The molecule has 0 unspecified atom stereocenters. The first kappa shape index (κ1) is 8.10. The first-order valence-corrected chi connectivity index (χ1v) is 3.74. The zero-order valence-corrected chi connectivity index (χ0v) is 6.19. The van der Waals surface area contributed by atoms with Crippen LogP contribution < -0.4 is 0 Å². The van der Waals surface area contributed by atoms with Crippen molar-refractivity contribution in [2.45, 2.75) is 37.8 Å². The van der Waals surface area contributed by atoms with Crippen molar-refractivity contribution in [2.24, 2.45) is 5.11 Å². The maximum atomic E-state index is 10.3. The lowest BCUT2D eigenvalue weighted by molar-refractivity contribution is -0.526. The van der Waals surface area contributed by atoms with E-state index in [-0.39, 0.29) is 17.0 Å². The van der Waals surface area contributed by atoms with Gasteiger partial charge in [0.05, 0.1) is 6.04 Å². The van der Waals surface area contributed by atoms with E-state index in [0.29, 0.717) is 25.7 Å². The van der Waals surface area contributed by atoms with Crippen LogP contribution in [0.4, 0.5) is 0 Å². The summed E-state index contributed by atoms with van der Waals surface area (Å²) >= 11 is 0. The van der Waals surface area contributed by atoms with Gasteiger partial charge < -0.3 is 0 Å². The minimum atomic E-state index is -0.381. The Bertz CT molecular complexity index is 163. The van der Waals surface area contributed by atoms with Crippen LogP contribution in [0.3, 0.4) is 0 Å². The predicted octanol–water partition coefficient (Wildman–Crippen LogP) is 1.61. The molecule has 0 amide bonds. The number of rotatable bonds is 2. The summed E-state index contributed by atoms with van der Waals surface area (Å²) in [5.41, 5.74) is 6.73. The third kappa shape index (κ3) is 1.96. The van der Waals surface area contributed by atoms with Crippen LogP contribution in [-0.4, -0.2) is 17.0 Å². The van der Waals surface area contributed by atoms with Crippen molar-refractivity contribution in [1.29, 1.82) is 5.53 Å². The molecule has 1 aliphatic carbocycles. The molecule has 0 bridgehead atoms. The monoisotopic (exact) mass is 157 g/mol. The molecule has 5 heteroatoms. The third-order valence-electron chi connectivity index (χ3n) is 2.15. The van der Waals surface area contributed by atoms with Crippen molar-refractivity contribution >= 4 is 0 Å². The van der Waals surface area contributed by atoms with Crippen LogP contribution in [0.1, 0.15) is 25.7 Å². The van der Waals surface area contributed by atoms with Crippen LogP contribution in [0.2, 0.25) is 0 Å². The molecule has 1 N–H and O–H groups in total. The van der Waals surface area contributed by atoms with Gasteiger partial charge in [-0.05, 0) is 12.8 Å². The Morgan fingerprint density at radius 3 is 2.27 bits per heavy atom. The van der Waals surface area contributed by atoms with E-state index >= 15 is 0 Å². The molecule has 0 radical (unpaired) electrons. The molecule has 62 valence electrons. The first-order chi connectivity index (χ1) is 5.24. The van der Waals surface area contributed by atoms with Crippen LogP contribution in [0.25, 0.3) is 0 Å². The molecule has 0 aromatic heterocycles. The van der Waals surface area contributed by atoms with Gasteiger partial charge in [-0.3, -0.25) is 10.1 Å². The molecule has 0 aromatic carbocycles. The molecule has 0 heterocycles. The van der Waals surface area contributed by atoms with Crippen molar-refractivity contribution in [1.82, 2.24) is 0 Å². The topological polar surface area (TPSA) is 79.3 Å². The summed E-state index contributed by atoms with van der Waals surface area (Å²) in [6.07, 6.45) is 2.57. The molecule has 1 rings (SSSR count). The van der Waals surface area contributed by atoms with Gasteiger partial charge in [0.1, 0.15) is 0 Å². The van der Waals surface area contributed by atoms with Gasteiger partial charge in [0.2, 0.25) is 6.04 Å². The van der Waals surface area contributed by atoms with Crippen molar-refractivity contribution in [3.8, 4) is 0 Å². The molecule has 5 nitrogen and oxygen atoms in total. The van der Waals surface area contributed by atoms with Gasteiger partial charge in [0.25, 0.3) is 0 Å². The second-order valence-electron chi connectivity index (χ2n) is 2.88. The van der Waals surface area contributed by atoms with E-state index in [0.717, 1.165) is 0 Å². The van der Waals surface area contributed by atoms with Gasteiger partial charge >= 0.3 is 0 Å². The molecule has 0 aromatic rings. The van der Waals surface area contributed by atoms with Crippen molar-refractivity contribution < 1.29 is 4.92 Å². The molecule has 0 spiro atoms. The maximum Gasteiger partial charge on any atom is 0.213 e. The third-order valence-corrected chi connectivity index (χ3v) is 2.15. The lowest BCUT2D eigenvalue weighted by Gasteiger charge is -2.18. The van der Waals surface area contributed by atoms with E-state index in [9.17, 15) is 10.1 Å². The summed E-state index contributed by atoms with van der Waals surface area (Å²) in [5, 5.41) is 13.6. The minimum absolute atomic E-state index is 0.0474. The van der Waals surface area contributed by atoms with Crippen LogP contribution in [0.15, 0.2) is 5.11 Å². The number of hydrogen-bond acceptors (Lipinski definition) is 4. The highest BCUT2D eigenvalue weighted by Gasteiger charge is 2.27. The first-order valence-electron chi connectivity index (χ1n) is 3.74. The average molecular weight is 157 g/mol. The Kier molecular flexibility index (Phi) is 2.51. The Hall–Kier alpha value is -1.00. The van der Waals surface area contributed by atoms with E-state index in [2.05, 4.69) is 5.11 Å². The van der Waals surface area contributed by atoms with E-state index in [1.807, 2.05) is 0 Å². The van der Waals surface area contributed by atoms with E-state index < -0.39 is 0 Å². The van der Waals surface area contributed by atoms with E-state index in [1.165, 1.54) is 0 Å². The molecule has 0 atom stereocenters. The highest BCUT2D eigenvalue weighted by atomic mass is 16.6. The number of nitrogens with one attached hydrogen (secondary N) is 1. The molecular weight excluding hydrogens is 146 g/mol.